The van der Waals surface area contributed by atoms with Gasteiger partial charge in [0.15, 0.2) is 5.82 Å². The molecule has 146 valence electrons. The number of carbonyl (C=O) groups excluding carboxylic acids is 1. The summed E-state index contributed by atoms with van der Waals surface area (Å²) >= 11 is 0. The molecule has 2 aromatic heterocycles. The molecule has 4 aromatic rings. The molecule has 1 aliphatic rings. The standard InChI is InChI=1S/C14H10FN3O.C9H10O/c15-11-7-18-14-12(11)10(5-6-17-14)8-1-3-9(4-2-8)13(16)19;1-2-6-9-8(4-1)5-3-7-10-9/h1-7H,(H2,16,19)(H,17,18);1-2,4,6H,3,5,7H2. The number of hydrogen-bond acceptors (Lipinski definition) is 3. The van der Waals surface area contributed by atoms with E-state index in [0.29, 0.717) is 16.6 Å². The number of amides is 1. The molecule has 0 saturated heterocycles. The highest BCUT2D eigenvalue weighted by atomic mass is 19.1. The van der Waals surface area contributed by atoms with E-state index in [-0.39, 0.29) is 5.82 Å². The fraction of sp³-hybridized carbons (Fsp3) is 0.130. The van der Waals surface area contributed by atoms with E-state index in [2.05, 4.69) is 22.1 Å². The predicted molar refractivity (Wildman–Crippen MR) is 110 cm³/mol. The second-order valence-electron chi connectivity index (χ2n) is 6.72. The van der Waals surface area contributed by atoms with Crippen molar-refractivity contribution in [1.29, 1.82) is 0 Å². The zero-order chi connectivity index (χ0) is 20.2. The average Bonchev–Trinajstić information content (AvgIpc) is 3.15. The summed E-state index contributed by atoms with van der Waals surface area (Å²) in [6, 6.07) is 16.7. The van der Waals surface area contributed by atoms with Gasteiger partial charge in [0.05, 0.1) is 12.0 Å². The summed E-state index contributed by atoms with van der Waals surface area (Å²) in [6.07, 6.45) is 5.22. The summed E-state index contributed by atoms with van der Waals surface area (Å²) in [6.45, 7) is 0.886. The topological polar surface area (TPSA) is 81.0 Å². The van der Waals surface area contributed by atoms with Crippen LogP contribution in [-0.4, -0.2) is 22.5 Å². The number of benzene rings is 2. The van der Waals surface area contributed by atoms with Gasteiger partial charge in [-0.2, -0.15) is 0 Å². The normalized spacial score (nSPS) is 12.4. The number of carbonyl (C=O) groups is 1. The van der Waals surface area contributed by atoms with Crippen LogP contribution in [-0.2, 0) is 6.42 Å². The maximum atomic E-state index is 13.8. The minimum Gasteiger partial charge on any atom is -0.493 e. The summed E-state index contributed by atoms with van der Waals surface area (Å²) in [5.41, 5.74) is 8.98. The Bertz CT molecular complexity index is 1130. The lowest BCUT2D eigenvalue weighted by Gasteiger charge is -2.15. The lowest BCUT2D eigenvalue weighted by atomic mass is 10.0. The minimum atomic E-state index is -0.487. The van der Waals surface area contributed by atoms with Crippen molar-refractivity contribution < 1.29 is 13.9 Å². The molecule has 0 bridgehead atoms. The molecule has 0 unspecified atom stereocenters. The number of primary amides is 1. The molecule has 5 nitrogen and oxygen atoms in total. The molecule has 0 spiro atoms. The van der Waals surface area contributed by atoms with Crippen molar-refractivity contribution in [2.24, 2.45) is 5.73 Å². The molecule has 3 N–H and O–H groups in total. The number of fused-ring (bicyclic) bond motifs is 2. The molecule has 2 aromatic carbocycles. The van der Waals surface area contributed by atoms with Crippen LogP contribution in [0.25, 0.3) is 22.2 Å². The number of aryl methyl sites for hydroxylation is 1. The van der Waals surface area contributed by atoms with Gasteiger partial charge in [-0.05, 0) is 53.8 Å². The van der Waals surface area contributed by atoms with Gasteiger partial charge in [-0.15, -0.1) is 0 Å². The number of nitrogens with one attached hydrogen (secondary N) is 1. The SMILES string of the molecule is NC(=O)c1ccc(-c2ccnc3[nH]cc(F)c23)cc1.c1ccc2c(c1)CCCO2. The van der Waals surface area contributed by atoms with Gasteiger partial charge < -0.3 is 15.5 Å². The minimum absolute atomic E-state index is 0.350. The highest BCUT2D eigenvalue weighted by molar-refractivity contribution is 5.96. The number of H-pyrrole nitrogens is 1. The van der Waals surface area contributed by atoms with Gasteiger partial charge in [0.2, 0.25) is 5.91 Å². The zero-order valence-corrected chi connectivity index (χ0v) is 15.7. The molecule has 29 heavy (non-hydrogen) atoms. The van der Waals surface area contributed by atoms with Crippen molar-refractivity contribution >= 4 is 16.9 Å². The van der Waals surface area contributed by atoms with Crippen LogP contribution in [0.5, 0.6) is 5.75 Å². The van der Waals surface area contributed by atoms with Gasteiger partial charge in [-0.25, -0.2) is 9.37 Å². The predicted octanol–water partition coefficient (Wildman–Crippen LogP) is 4.48. The molecule has 1 aliphatic heterocycles. The highest BCUT2D eigenvalue weighted by Gasteiger charge is 2.11. The van der Waals surface area contributed by atoms with Crippen molar-refractivity contribution in [3.63, 3.8) is 0 Å². The Labute approximate surface area is 167 Å². The largest absolute Gasteiger partial charge is 0.493 e. The maximum absolute atomic E-state index is 13.8. The number of nitrogens with zero attached hydrogens (tertiary/aromatic N) is 1. The van der Waals surface area contributed by atoms with E-state index in [1.165, 1.54) is 18.2 Å². The van der Waals surface area contributed by atoms with E-state index < -0.39 is 5.91 Å². The number of pyridine rings is 1. The molecule has 0 radical (unpaired) electrons. The van der Waals surface area contributed by atoms with Crippen LogP contribution < -0.4 is 10.5 Å². The van der Waals surface area contributed by atoms with Gasteiger partial charge in [0, 0.05) is 18.0 Å². The van der Waals surface area contributed by atoms with Gasteiger partial charge in [-0.1, -0.05) is 30.3 Å². The number of ether oxygens (including phenoxy) is 1. The number of halogens is 1. The average molecular weight is 389 g/mol. The zero-order valence-electron chi connectivity index (χ0n) is 15.7. The fourth-order valence-corrected chi connectivity index (χ4v) is 3.37. The van der Waals surface area contributed by atoms with Gasteiger partial charge in [0.1, 0.15) is 11.4 Å². The molecule has 0 atom stereocenters. The first-order chi connectivity index (χ1) is 14.1. The third kappa shape index (κ3) is 3.96. The summed E-state index contributed by atoms with van der Waals surface area (Å²) in [7, 11) is 0. The van der Waals surface area contributed by atoms with E-state index in [1.54, 1.807) is 36.5 Å². The molecular weight excluding hydrogens is 369 g/mol. The van der Waals surface area contributed by atoms with Crippen molar-refractivity contribution in [3.05, 3.63) is 83.9 Å². The third-order valence-corrected chi connectivity index (χ3v) is 4.83. The van der Waals surface area contributed by atoms with Crippen LogP contribution in [0.1, 0.15) is 22.3 Å². The van der Waals surface area contributed by atoms with Crippen LogP contribution in [0.3, 0.4) is 0 Å². The summed E-state index contributed by atoms with van der Waals surface area (Å²) in [5.74, 6) is 0.241. The van der Waals surface area contributed by atoms with E-state index in [4.69, 9.17) is 10.5 Å². The van der Waals surface area contributed by atoms with E-state index in [1.807, 2.05) is 12.1 Å². The van der Waals surface area contributed by atoms with Gasteiger partial charge in [-0.3, -0.25) is 4.79 Å². The lowest BCUT2D eigenvalue weighted by molar-refractivity contribution is 0.100. The fourth-order valence-electron chi connectivity index (χ4n) is 3.37. The van der Waals surface area contributed by atoms with E-state index >= 15 is 0 Å². The highest BCUT2D eigenvalue weighted by Crippen LogP contribution is 2.29. The van der Waals surface area contributed by atoms with Crippen LogP contribution in [0.4, 0.5) is 4.39 Å². The molecular formula is C23H20FN3O2. The summed E-state index contributed by atoms with van der Waals surface area (Å²) in [5, 5.41) is 0.439. The Hall–Kier alpha value is -3.67. The smallest absolute Gasteiger partial charge is 0.248 e. The molecule has 0 aliphatic carbocycles. The molecule has 0 saturated carbocycles. The molecule has 5 rings (SSSR count). The van der Waals surface area contributed by atoms with Crippen LogP contribution >= 0.6 is 0 Å². The number of aromatic nitrogens is 2. The van der Waals surface area contributed by atoms with Crippen molar-refractivity contribution in [2.75, 3.05) is 6.61 Å². The molecule has 6 heteroatoms. The van der Waals surface area contributed by atoms with Gasteiger partial charge >= 0.3 is 0 Å². The molecule has 1 amide bonds. The summed E-state index contributed by atoms with van der Waals surface area (Å²) in [4.78, 5) is 17.9. The number of hydrogen-bond donors (Lipinski definition) is 2. The van der Waals surface area contributed by atoms with E-state index in [9.17, 15) is 9.18 Å². The van der Waals surface area contributed by atoms with E-state index in [0.717, 1.165) is 29.9 Å². The van der Waals surface area contributed by atoms with Gasteiger partial charge in [0.25, 0.3) is 0 Å². The molecule has 0 fully saturated rings. The van der Waals surface area contributed by atoms with Crippen LogP contribution in [0.2, 0.25) is 0 Å². The second kappa shape index (κ2) is 8.14. The van der Waals surface area contributed by atoms with Crippen molar-refractivity contribution in [3.8, 4) is 16.9 Å². The first kappa shape index (κ1) is 18.7. The van der Waals surface area contributed by atoms with Crippen molar-refractivity contribution in [1.82, 2.24) is 9.97 Å². The third-order valence-electron chi connectivity index (χ3n) is 4.83. The van der Waals surface area contributed by atoms with Crippen LogP contribution in [0.15, 0.2) is 67.0 Å². The Morgan fingerprint density at radius 1 is 1.10 bits per heavy atom. The number of nitrogens with two attached hydrogens (primary N) is 1. The number of aromatic amines is 1. The Morgan fingerprint density at radius 2 is 1.90 bits per heavy atom. The molecule has 3 heterocycles. The quantitative estimate of drug-likeness (QED) is 0.530. The Kier molecular flexibility index (Phi) is 5.24. The lowest BCUT2D eigenvalue weighted by Crippen LogP contribution is -2.10. The number of para-hydroxylation sites is 1. The Morgan fingerprint density at radius 3 is 2.66 bits per heavy atom. The first-order valence-electron chi connectivity index (χ1n) is 9.36. The summed E-state index contributed by atoms with van der Waals surface area (Å²) < 4.78 is 19.2. The monoisotopic (exact) mass is 389 g/mol. The number of rotatable bonds is 2. The second-order valence-corrected chi connectivity index (χ2v) is 6.72. The van der Waals surface area contributed by atoms with Crippen molar-refractivity contribution in [2.45, 2.75) is 12.8 Å². The first-order valence-corrected chi connectivity index (χ1v) is 9.36. The van der Waals surface area contributed by atoms with Crippen LogP contribution in [0, 0.1) is 5.82 Å². The Balaban J connectivity index is 0.000000171. The maximum Gasteiger partial charge on any atom is 0.248 e.